The van der Waals surface area contributed by atoms with Crippen LogP contribution in [0.25, 0.3) is 0 Å². The molecule has 5 heteroatoms. The highest BCUT2D eigenvalue weighted by Crippen LogP contribution is 2.27. The van der Waals surface area contributed by atoms with E-state index in [0.717, 1.165) is 30.2 Å². The van der Waals surface area contributed by atoms with Crippen LogP contribution in [-0.4, -0.2) is 23.9 Å². The zero-order chi connectivity index (χ0) is 17.1. The van der Waals surface area contributed by atoms with Crippen LogP contribution >= 0.6 is 0 Å². The molecule has 0 atom stereocenters. The van der Waals surface area contributed by atoms with Gasteiger partial charge in [-0.3, -0.25) is 9.69 Å². The summed E-state index contributed by atoms with van der Waals surface area (Å²) >= 11 is 0. The smallest absolute Gasteiger partial charge is 0.241 e. The molecule has 0 bridgehead atoms. The number of furan rings is 2. The van der Waals surface area contributed by atoms with Crippen molar-refractivity contribution in [2.75, 3.05) is 18.0 Å². The van der Waals surface area contributed by atoms with Gasteiger partial charge in [0, 0.05) is 12.2 Å². The van der Waals surface area contributed by atoms with Gasteiger partial charge in [0.05, 0.1) is 32.2 Å². The molecule has 0 fully saturated rings. The van der Waals surface area contributed by atoms with E-state index >= 15 is 0 Å². The largest absolute Gasteiger partial charge is 0.468 e. The summed E-state index contributed by atoms with van der Waals surface area (Å²) in [6.45, 7) is 2.19. The molecule has 1 aliphatic heterocycles. The molecule has 0 saturated heterocycles. The Kier molecular flexibility index (Phi) is 4.39. The van der Waals surface area contributed by atoms with Crippen LogP contribution in [0.5, 0.6) is 0 Å². The lowest BCUT2D eigenvalue weighted by Crippen LogP contribution is -2.39. The number of hydrogen-bond donors (Lipinski definition) is 0. The Bertz CT molecular complexity index is 788. The van der Waals surface area contributed by atoms with Crippen molar-refractivity contribution in [3.63, 3.8) is 0 Å². The van der Waals surface area contributed by atoms with Gasteiger partial charge >= 0.3 is 0 Å². The number of benzene rings is 1. The first-order valence-electron chi connectivity index (χ1n) is 8.45. The molecule has 1 aromatic carbocycles. The number of hydrogen-bond acceptors (Lipinski definition) is 4. The number of nitrogens with zero attached hydrogens (tertiary/aromatic N) is 2. The summed E-state index contributed by atoms with van der Waals surface area (Å²) in [4.78, 5) is 16.8. The van der Waals surface area contributed by atoms with Gasteiger partial charge < -0.3 is 13.7 Å². The van der Waals surface area contributed by atoms with Crippen molar-refractivity contribution in [1.82, 2.24) is 4.90 Å². The van der Waals surface area contributed by atoms with Gasteiger partial charge in [-0.2, -0.15) is 0 Å². The molecule has 0 N–H and O–H groups in total. The Hall–Kier alpha value is -2.79. The van der Waals surface area contributed by atoms with Gasteiger partial charge in [-0.05, 0) is 42.3 Å². The molecular weight excluding hydrogens is 316 g/mol. The second-order valence-corrected chi connectivity index (χ2v) is 6.23. The number of carbonyl (C=O) groups is 1. The van der Waals surface area contributed by atoms with Crippen LogP contribution in [-0.2, 0) is 24.3 Å². The minimum Gasteiger partial charge on any atom is -0.468 e. The van der Waals surface area contributed by atoms with Crippen LogP contribution in [0.1, 0.15) is 17.1 Å². The van der Waals surface area contributed by atoms with Gasteiger partial charge in [0.25, 0.3) is 0 Å². The van der Waals surface area contributed by atoms with E-state index in [2.05, 4.69) is 6.07 Å². The maximum absolute atomic E-state index is 12.9. The second-order valence-electron chi connectivity index (χ2n) is 6.23. The molecule has 3 aromatic rings. The van der Waals surface area contributed by atoms with Crippen molar-refractivity contribution in [2.24, 2.45) is 0 Å². The fourth-order valence-electron chi connectivity index (χ4n) is 3.29. The summed E-state index contributed by atoms with van der Waals surface area (Å²) < 4.78 is 10.9. The third-order valence-corrected chi connectivity index (χ3v) is 4.47. The van der Waals surface area contributed by atoms with E-state index in [1.165, 1.54) is 5.56 Å². The molecule has 25 heavy (non-hydrogen) atoms. The van der Waals surface area contributed by atoms with Crippen LogP contribution in [0.4, 0.5) is 5.69 Å². The number of carbonyl (C=O) groups excluding carboxylic acids is 1. The van der Waals surface area contributed by atoms with Gasteiger partial charge in [0.2, 0.25) is 5.91 Å². The molecule has 0 unspecified atom stereocenters. The summed E-state index contributed by atoms with van der Waals surface area (Å²) in [5, 5.41) is 0. The first-order valence-corrected chi connectivity index (χ1v) is 8.45. The monoisotopic (exact) mass is 336 g/mol. The van der Waals surface area contributed by atoms with Gasteiger partial charge in [-0.15, -0.1) is 0 Å². The van der Waals surface area contributed by atoms with E-state index in [1.807, 2.05) is 52.3 Å². The molecule has 3 heterocycles. The van der Waals surface area contributed by atoms with Gasteiger partial charge in [0.1, 0.15) is 11.5 Å². The van der Waals surface area contributed by atoms with Crippen molar-refractivity contribution in [3.8, 4) is 0 Å². The van der Waals surface area contributed by atoms with Crippen molar-refractivity contribution >= 4 is 11.6 Å². The molecule has 5 nitrogen and oxygen atoms in total. The average Bonchev–Trinajstić information content (AvgIpc) is 3.36. The SMILES string of the molecule is O=C(CN(Cc1ccco1)Cc1ccco1)N1CCc2ccccc21. The first kappa shape index (κ1) is 15.7. The van der Waals surface area contributed by atoms with Crippen molar-refractivity contribution < 1.29 is 13.6 Å². The topological polar surface area (TPSA) is 49.8 Å². The zero-order valence-corrected chi connectivity index (χ0v) is 13.9. The van der Waals surface area contributed by atoms with E-state index in [4.69, 9.17) is 8.83 Å². The van der Waals surface area contributed by atoms with Crippen molar-refractivity contribution in [2.45, 2.75) is 19.5 Å². The Labute approximate surface area is 146 Å². The summed E-state index contributed by atoms with van der Waals surface area (Å²) in [7, 11) is 0. The van der Waals surface area contributed by atoms with E-state index in [9.17, 15) is 4.79 Å². The van der Waals surface area contributed by atoms with Crippen LogP contribution in [0.2, 0.25) is 0 Å². The molecule has 1 aliphatic rings. The lowest BCUT2D eigenvalue weighted by molar-refractivity contribution is -0.120. The third kappa shape index (κ3) is 3.51. The maximum Gasteiger partial charge on any atom is 0.241 e. The molecule has 4 rings (SSSR count). The lowest BCUT2D eigenvalue weighted by Gasteiger charge is -2.24. The molecule has 0 aliphatic carbocycles. The van der Waals surface area contributed by atoms with E-state index in [1.54, 1.807) is 12.5 Å². The molecule has 2 aromatic heterocycles. The molecule has 0 radical (unpaired) electrons. The van der Waals surface area contributed by atoms with E-state index in [-0.39, 0.29) is 5.91 Å². The standard InChI is InChI=1S/C20H20N2O3/c23-20(22-10-9-16-5-1-2-8-19(16)22)15-21(13-17-6-3-11-24-17)14-18-7-4-12-25-18/h1-8,11-12H,9-10,13-15H2. The molecule has 0 spiro atoms. The van der Waals surface area contributed by atoms with Gasteiger partial charge in [0.15, 0.2) is 0 Å². The fourth-order valence-corrected chi connectivity index (χ4v) is 3.29. The molecule has 1 amide bonds. The highest BCUT2D eigenvalue weighted by Gasteiger charge is 2.26. The summed E-state index contributed by atoms with van der Waals surface area (Å²) in [6.07, 6.45) is 4.22. The average molecular weight is 336 g/mol. The molecule has 128 valence electrons. The lowest BCUT2D eigenvalue weighted by atomic mass is 10.2. The fraction of sp³-hybridized carbons (Fsp3) is 0.250. The number of amides is 1. The van der Waals surface area contributed by atoms with Crippen LogP contribution < -0.4 is 4.90 Å². The predicted molar refractivity (Wildman–Crippen MR) is 94.0 cm³/mol. The Morgan fingerprint density at radius 1 is 0.960 bits per heavy atom. The van der Waals surface area contributed by atoms with Gasteiger partial charge in [-0.25, -0.2) is 0 Å². The predicted octanol–water partition coefficient (Wildman–Crippen LogP) is 3.46. The molecular formula is C20H20N2O3. The summed E-state index contributed by atoms with van der Waals surface area (Å²) in [5.74, 6) is 1.77. The van der Waals surface area contributed by atoms with E-state index in [0.29, 0.717) is 19.6 Å². The van der Waals surface area contributed by atoms with Crippen LogP contribution in [0.3, 0.4) is 0 Å². The van der Waals surface area contributed by atoms with E-state index < -0.39 is 0 Å². The van der Waals surface area contributed by atoms with Crippen molar-refractivity contribution in [3.05, 3.63) is 78.1 Å². The van der Waals surface area contributed by atoms with Crippen LogP contribution in [0, 0.1) is 0 Å². The minimum atomic E-state index is 0.100. The normalized spacial score (nSPS) is 13.4. The first-order chi connectivity index (χ1) is 12.3. The Morgan fingerprint density at radius 3 is 2.28 bits per heavy atom. The minimum absolute atomic E-state index is 0.100. The summed E-state index contributed by atoms with van der Waals surface area (Å²) in [6, 6.07) is 15.7. The van der Waals surface area contributed by atoms with Crippen LogP contribution in [0.15, 0.2) is 69.9 Å². The zero-order valence-electron chi connectivity index (χ0n) is 13.9. The molecule has 0 saturated carbocycles. The second kappa shape index (κ2) is 6.99. The Morgan fingerprint density at radius 2 is 1.64 bits per heavy atom. The van der Waals surface area contributed by atoms with Crippen molar-refractivity contribution in [1.29, 1.82) is 0 Å². The highest BCUT2D eigenvalue weighted by atomic mass is 16.3. The number of rotatable bonds is 6. The quantitative estimate of drug-likeness (QED) is 0.692. The Balaban J connectivity index is 1.49. The summed E-state index contributed by atoms with van der Waals surface area (Å²) in [5.41, 5.74) is 2.27. The third-order valence-electron chi connectivity index (χ3n) is 4.47. The number of anilines is 1. The van der Waals surface area contributed by atoms with Gasteiger partial charge in [-0.1, -0.05) is 18.2 Å². The number of fused-ring (bicyclic) bond motifs is 1. The maximum atomic E-state index is 12.9. The number of para-hydroxylation sites is 1. The highest BCUT2D eigenvalue weighted by molar-refractivity contribution is 5.96.